The number of hydrogen-bond donors (Lipinski definition) is 1. The van der Waals surface area contributed by atoms with E-state index in [0.29, 0.717) is 0 Å². The summed E-state index contributed by atoms with van der Waals surface area (Å²) in [5.74, 6) is 0. The molecule has 3 nitrogen and oxygen atoms in total. The monoisotopic (exact) mass is 222 g/mol. The molecule has 1 aromatic rings. The quantitative estimate of drug-likeness (QED) is 0.803. The van der Waals surface area contributed by atoms with E-state index in [0.717, 1.165) is 18.5 Å². The molecule has 3 heteroatoms. The van der Waals surface area contributed by atoms with Crippen molar-refractivity contribution < 1.29 is 4.74 Å². The molecule has 0 saturated carbocycles. The minimum Gasteiger partial charge on any atom is -0.379 e. The fraction of sp³-hybridized carbons (Fsp3) is 0.615. The lowest BCUT2D eigenvalue weighted by molar-refractivity contribution is 0.0629. The Bertz CT molecular complexity index is 297. The third kappa shape index (κ3) is 3.29. The molecular weight excluding hydrogens is 200 g/mol. The van der Waals surface area contributed by atoms with E-state index in [1.807, 2.05) is 26.2 Å². The fourth-order valence-corrected chi connectivity index (χ4v) is 1.94. The maximum Gasteiger partial charge on any atom is 0.0766 e. The minimum atomic E-state index is 0.208. The molecule has 0 aliphatic carbocycles. The van der Waals surface area contributed by atoms with E-state index < -0.39 is 0 Å². The highest BCUT2D eigenvalue weighted by atomic mass is 16.5. The summed E-state index contributed by atoms with van der Waals surface area (Å²) < 4.78 is 5.54. The summed E-state index contributed by atoms with van der Waals surface area (Å²) in [5.41, 5.74) is 2.23. The van der Waals surface area contributed by atoms with Crippen LogP contribution in [0.3, 0.4) is 0 Å². The van der Waals surface area contributed by atoms with Crippen LogP contribution < -0.4 is 5.32 Å². The smallest absolute Gasteiger partial charge is 0.0766 e. The van der Waals surface area contributed by atoms with Gasteiger partial charge in [0.05, 0.1) is 12.1 Å². The highest BCUT2D eigenvalue weighted by Crippen LogP contribution is 2.21. The van der Waals surface area contributed by atoms with Gasteiger partial charge in [-0.1, -0.05) is 19.4 Å². The molecule has 0 saturated heterocycles. The second kappa shape index (κ2) is 6.61. The Balaban J connectivity index is 2.83. The van der Waals surface area contributed by atoms with Crippen molar-refractivity contribution in [1.29, 1.82) is 0 Å². The van der Waals surface area contributed by atoms with Crippen LogP contribution in [0.25, 0.3) is 0 Å². The van der Waals surface area contributed by atoms with Gasteiger partial charge in [-0.3, -0.25) is 4.98 Å². The molecule has 2 atom stereocenters. The van der Waals surface area contributed by atoms with E-state index >= 15 is 0 Å². The summed E-state index contributed by atoms with van der Waals surface area (Å²) in [7, 11) is 3.73. The SMILES string of the molecule is CCCC(OC)C(NC)c1ccc(C)nc1. The Morgan fingerprint density at radius 3 is 2.62 bits per heavy atom. The van der Waals surface area contributed by atoms with E-state index in [9.17, 15) is 0 Å². The van der Waals surface area contributed by atoms with Crippen LogP contribution in [0.2, 0.25) is 0 Å². The van der Waals surface area contributed by atoms with Crippen LogP contribution >= 0.6 is 0 Å². The lowest BCUT2D eigenvalue weighted by Gasteiger charge is -2.25. The second-order valence-corrected chi connectivity index (χ2v) is 4.06. The number of methoxy groups -OCH3 is 1. The first-order valence-electron chi connectivity index (χ1n) is 5.85. The number of aromatic nitrogens is 1. The van der Waals surface area contributed by atoms with Gasteiger partial charge in [0.15, 0.2) is 0 Å². The van der Waals surface area contributed by atoms with Crippen molar-refractivity contribution in [1.82, 2.24) is 10.3 Å². The molecule has 90 valence electrons. The Morgan fingerprint density at radius 2 is 2.19 bits per heavy atom. The van der Waals surface area contributed by atoms with Gasteiger partial charge in [-0.2, -0.15) is 0 Å². The Kier molecular flexibility index (Phi) is 5.43. The van der Waals surface area contributed by atoms with E-state index in [4.69, 9.17) is 4.74 Å². The zero-order chi connectivity index (χ0) is 12.0. The topological polar surface area (TPSA) is 34.1 Å². The van der Waals surface area contributed by atoms with Gasteiger partial charge in [0.25, 0.3) is 0 Å². The number of rotatable bonds is 6. The van der Waals surface area contributed by atoms with Gasteiger partial charge >= 0.3 is 0 Å². The molecule has 1 rings (SSSR count). The van der Waals surface area contributed by atoms with Gasteiger partial charge in [0.1, 0.15) is 0 Å². The Labute approximate surface area is 98.2 Å². The molecule has 0 aliphatic rings. The molecule has 0 spiro atoms. The van der Waals surface area contributed by atoms with Crippen LogP contribution in [0.1, 0.15) is 37.1 Å². The molecule has 16 heavy (non-hydrogen) atoms. The van der Waals surface area contributed by atoms with Gasteiger partial charge in [-0.05, 0) is 32.0 Å². The largest absolute Gasteiger partial charge is 0.379 e. The average Bonchev–Trinajstić information content (AvgIpc) is 2.31. The standard InChI is InChI=1S/C13H22N2O/c1-5-6-12(16-4)13(14-3)11-8-7-10(2)15-9-11/h7-9,12-14H,5-6H2,1-4H3. The van der Waals surface area contributed by atoms with Gasteiger partial charge in [0.2, 0.25) is 0 Å². The van der Waals surface area contributed by atoms with Crippen molar-refractivity contribution in [2.45, 2.75) is 38.8 Å². The first kappa shape index (κ1) is 13.1. The van der Waals surface area contributed by atoms with Crippen molar-refractivity contribution in [3.05, 3.63) is 29.6 Å². The minimum absolute atomic E-state index is 0.208. The van der Waals surface area contributed by atoms with Crippen molar-refractivity contribution in [3.8, 4) is 0 Å². The Morgan fingerprint density at radius 1 is 1.44 bits per heavy atom. The molecule has 0 amide bonds. The maximum atomic E-state index is 5.54. The van der Waals surface area contributed by atoms with E-state index in [1.165, 1.54) is 5.56 Å². The first-order valence-corrected chi connectivity index (χ1v) is 5.85. The number of pyridine rings is 1. The van der Waals surface area contributed by atoms with Gasteiger partial charge in [-0.15, -0.1) is 0 Å². The first-order chi connectivity index (χ1) is 7.72. The normalized spacial score (nSPS) is 14.8. The zero-order valence-corrected chi connectivity index (χ0v) is 10.7. The number of hydrogen-bond acceptors (Lipinski definition) is 3. The van der Waals surface area contributed by atoms with Crippen LogP contribution in [0, 0.1) is 6.92 Å². The summed E-state index contributed by atoms with van der Waals surface area (Å²) in [6.07, 6.45) is 4.31. The van der Waals surface area contributed by atoms with Crippen molar-refractivity contribution in [3.63, 3.8) is 0 Å². The highest BCUT2D eigenvalue weighted by molar-refractivity contribution is 5.18. The van der Waals surface area contributed by atoms with Crippen molar-refractivity contribution in [2.24, 2.45) is 0 Å². The molecule has 2 unspecified atom stereocenters. The third-order valence-electron chi connectivity index (χ3n) is 2.85. The highest BCUT2D eigenvalue weighted by Gasteiger charge is 2.20. The molecule has 0 aromatic carbocycles. The predicted molar refractivity (Wildman–Crippen MR) is 66.5 cm³/mol. The summed E-state index contributed by atoms with van der Waals surface area (Å²) in [4.78, 5) is 4.33. The van der Waals surface area contributed by atoms with Gasteiger partial charge in [0, 0.05) is 19.0 Å². The summed E-state index contributed by atoms with van der Waals surface area (Å²) in [5, 5.41) is 3.31. The average molecular weight is 222 g/mol. The molecule has 1 aromatic heterocycles. The molecule has 1 heterocycles. The lowest BCUT2D eigenvalue weighted by atomic mass is 9.99. The second-order valence-electron chi connectivity index (χ2n) is 4.06. The number of nitrogens with one attached hydrogen (secondary N) is 1. The van der Waals surface area contributed by atoms with Crippen molar-refractivity contribution >= 4 is 0 Å². The van der Waals surface area contributed by atoms with Crippen LogP contribution in [0.4, 0.5) is 0 Å². The summed E-state index contributed by atoms with van der Waals surface area (Å²) in [6, 6.07) is 4.38. The number of likely N-dealkylation sites (N-methyl/N-ethyl adjacent to an activating group) is 1. The number of ether oxygens (including phenoxy) is 1. The molecular formula is C13H22N2O. The fourth-order valence-electron chi connectivity index (χ4n) is 1.94. The number of aryl methyl sites for hydroxylation is 1. The Hall–Kier alpha value is -0.930. The van der Waals surface area contributed by atoms with Crippen LogP contribution in [0.5, 0.6) is 0 Å². The lowest BCUT2D eigenvalue weighted by Crippen LogP contribution is -2.31. The molecule has 1 N–H and O–H groups in total. The van der Waals surface area contributed by atoms with Gasteiger partial charge < -0.3 is 10.1 Å². The summed E-state index contributed by atoms with van der Waals surface area (Å²) in [6.45, 7) is 4.17. The molecule has 0 fully saturated rings. The van der Waals surface area contributed by atoms with Gasteiger partial charge in [-0.25, -0.2) is 0 Å². The van der Waals surface area contributed by atoms with Crippen molar-refractivity contribution in [2.75, 3.05) is 14.2 Å². The van der Waals surface area contributed by atoms with Crippen LogP contribution in [-0.4, -0.2) is 25.2 Å². The summed E-state index contributed by atoms with van der Waals surface area (Å²) >= 11 is 0. The maximum absolute atomic E-state index is 5.54. The molecule has 0 radical (unpaired) electrons. The predicted octanol–water partition coefficient (Wildman–Crippen LogP) is 2.47. The number of nitrogens with zero attached hydrogens (tertiary/aromatic N) is 1. The van der Waals surface area contributed by atoms with Crippen LogP contribution in [0.15, 0.2) is 18.3 Å². The zero-order valence-electron chi connectivity index (χ0n) is 10.7. The molecule has 0 aliphatic heterocycles. The van der Waals surface area contributed by atoms with E-state index in [-0.39, 0.29) is 12.1 Å². The third-order valence-corrected chi connectivity index (χ3v) is 2.85. The van der Waals surface area contributed by atoms with E-state index in [1.54, 1.807) is 7.11 Å². The van der Waals surface area contributed by atoms with E-state index in [2.05, 4.69) is 23.3 Å². The molecule has 0 bridgehead atoms. The van der Waals surface area contributed by atoms with Crippen LogP contribution in [-0.2, 0) is 4.74 Å².